The van der Waals surface area contributed by atoms with Crippen molar-refractivity contribution < 1.29 is 0 Å². The molecule has 0 aliphatic rings. The Morgan fingerprint density at radius 3 is 2.22 bits per heavy atom. The van der Waals surface area contributed by atoms with Crippen LogP contribution >= 0.6 is 12.6 Å². The van der Waals surface area contributed by atoms with Crippen molar-refractivity contribution in [3.63, 3.8) is 0 Å². The largest absolute Gasteiger partial charge is 0.383 e. The summed E-state index contributed by atoms with van der Waals surface area (Å²) in [5.41, 5.74) is 18.2. The monoisotopic (exact) mass is 321 g/mol. The van der Waals surface area contributed by atoms with Crippen LogP contribution in [0.25, 0.3) is 22.4 Å². The van der Waals surface area contributed by atoms with Crippen molar-refractivity contribution >= 4 is 18.4 Å². The molecule has 23 heavy (non-hydrogen) atoms. The molecule has 0 amide bonds. The second-order valence-electron chi connectivity index (χ2n) is 5.44. The first-order chi connectivity index (χ1) is 11.1. The van der Waals surface area contributed by atoms with E-state index in [0.717, 1.165) is 38.4 Å². The van der Waals surface area contributed by atoms with Crippen molar-refractivity contribution in [3.8, 4) is 22.4 Å². The average molecular weight is 321 g/mol. The number of hydrogen-bond acceptors (Lipinski definition) is 4. The van der Waals surface area contributed by atoms with Crippen LogP contribution in [0.1, 0.15) is 11.1 Å². The average Bonchev–Trinajstić information content (AvgIpc) is 2.58. The highest BCUT2D eigenvalue weighted by Crippen LogP contribution is 2.36. The summed E-state index contributed by atoms with van der Waals surface area (Å²) in [6.45, 7) is 2.42. The summed E-state index contributed by atoms with van der Waals surface area (Å²) < 4.78 is 0. The van der Waals surface area contributed by atoms with Gasteiger partial charge in [0.2, 0.25) is 0 Å². The van der Waals surface area contributed by atoms with Crippen molar-refractivity contribution in [2.75, 3.05) is 5.73 Å². The summed E-state index contributed by atoms with van der Waals surface area (Å²) in [5.74, 6) is 0.488. The Morgan fingerprint density at radius 2 is 1.61 bits per heavy atom. The molecule has 0 saturated heterocycles. The van der Waals surface area contributed by atoms with E-state index in [1.54, 1.807) is 0 Å². The number of nitrogens with zero attached hydrogens (tertiary/aromatic N) is 1. The molecule has 0 fully saturated rings. The first-order valence-electron chi connectivity index (χ1n) is 7.45. The fraction of sp³-hybridized carbons (Fsp3) is 0.105. The van der Waals surface area contributed by atoms with Crippen LogP contribution in [-0.2, 0) is 6.54 Å². The molecule has 3 rings (SSSR count). The molecular weight excluding hydrogens is 302 g/mol. The quantitative estimate of drug-likeness (QED) is 0.638. The van der Waals surface area contributed by atoms with Crippen LogP contribution < -0.4 is 11.5 Å². The first-order valence-corrected chi connectivity index (χ1v) is 7.90. The van der Waals surface area contributed by atoms with Crippen LogP contribution in [0.3, 0.4) is 0 Å². The van der Waals surface area contributed by atoms with Gasteiger partial charge in [-0.2, -0.15) is 0 Å². The van der Waals surface area contributed by atoms with E-state index in [1.807, 2.05) is 54.6 Å². The predicted octanol–water partition coefficient (Wildman–Crippen LogP) is 4.05. The molecule has 2 aromatic carbocycles. The van der Waals surface area contributed by atoms with Crippen molar-refractivity contribution in [3.05, 3.63) is 65.7 Å². The molecule has 0 bridgehead atoms. The van der Waals surface area contributed by atoms with Gasteiger partial charge in [0.05, 0.1) is 5.69 Å². The summed E-state index contributed by atoms with van der Waals surface area (Å²) in [6, 6.07) is 18.1. The molecule has 4 N–H and O–H groups in total. The zero-order valence-electron chi connectivity index (χ0n) is 13.0. The Labute approximate surface area is 141 Å². The normalized spacial score (nSPS) is 10.7. The summed E-state index contributed by atoms with van der Waals surface area (Å²) in [7, 11) is 0. The molecule has 0 aliphatic heterocycles. The van der Waals surface area contributed by atoms with Crippen LogP contribution in [-0.4, -0.2) is 4.98 Å². The Morgan fingerprint density at radius 1 is 0.957 bits per heavy atom. The zero-order valence-corrected chi connectivity index (χ0v) is 13.8. The molecule has 1 aromatic heterocycles. The third kappa shape index (κ3) is 2.96. The van der Waals surface area contributed by atoms with Gasteiger partial charge in [0, 0.05) is 22.6 Å². The fourth-order valence-electron chi connectivity index (χ4n) is 2.85. The summed E-state index contributed by atoms with van der Waals surface area (Å²) in [6.07, 6.45) is 0. The number of thiol groups is 1. The van der Waals surface area contributed by atoms with Gasteiger partial charge in [-0.3, -0.25) is 0 Å². The molecule has 1 heterocycles. The molecule has 3 nitrogen and oxygen atoms in total. The summed E-state index contributed by atoms with van der Waals surface area (Å²) >= 11 is 4.35. The number of nitrogens with two attached hydrogens (primary N) is 2. The second-order valence-corrected chi connectivity index (χ2v) is 5.96. The first kappa shape index (κ1) is 15.6. The maximum absolute atomic E-state index is 6.20. The zero-order chi connectivity index (χ0) is 16.4. The lowest BCUT2D eigenvalue weighted by atomic mass is 9.92. The van der Waals surface area contributed by atoms with Crippen molar-refractivity contribution in [1.82, 2.24) is 4.98 Å². The van der Waals surface area contributed by atoms with Gasteiger partial charge in [0.1, 0.15) is 5.82 Å². The SMILES string of the molecule is Cc1c(-c2ccccc2)nc(N)c(CN)c1-c1ccc(S)cc1. The van der Waals surface area contributed by atoms with E-state index in [4.69, 9.17) is 11.5 Å². The van der Waals surface area contributed by atoms with Gasteiger partial charge in [-0.15, -0.1) is 12.6 Å². The third-order valence-corrected chi connectivity index (χ3v) is 4.28. The van der Waals surface area contributed by atoms with Crippen molar-refractivity contribution in [2.24, 2.45) is 5.73 Å². The minimum atomic E-state index is 0.354. The number of benzene rings is 2. The second kappa shape index (κ2) is 6.44. The molecule has 3 aromatic rings. The van der Waals surface area contributed by atoms with E-state index in [9.17, 15) is 0 Å². The minimum Gasteiger partial charge on any atom is -0.383 e. The van der Waals surface area contributed by atoms with E-state index >= 15 is 0 Å². The van der Waals surface area contributed by atoms with Crippen LogP contribution in [0.2, 0.25) is 0 Å². The van der Waals surface area contributed by atoms with Crippen LogP contribution in [0, 0.1) is 6.92 Å². The fourth-order valence-corrected chi connectivity index (χ4v) is 3.00. The Hall–Kier alpha value is -2.30. The van der Waals surface area contributed by atoms with E-state index in [-0.39, 0.29) is 0 Å². The maximum Gasteiger partial charge on any atom is 0.129 e. The van der Waals surface area contributed by atoms with Crippen LogP contribution in [0.15, 0.2) is 59.5 Å². The molecule has 4 heteroatoms. The molecule has 0 aliphatic carbocycles. The highest BCUT2D eigenvalue weighted by Gasteiger charge is 2.17. The van der Waals surface area contributed by atoms with E-state index < -0.39 is 0 Å². The van der Waals surface area contributed by atoms with Gasteiger partial charge in [-0.1, -0.05) is 42.5 Å². The van der Waals surface area contributed by atoms with Crippen molar-refractivity contribution in [1.29, 1.82) is 0 Å². The molecule has 0 unspecified atom stereocenters. The predicted molar refractivity (Wildman–Crippen MR) is 99.4 cm³/mol. The summed E-state index contributed by atoms with van der Waals surface area (Å²) in [4.78, 5) is 5.52. The molecule has 0 radical (unpaired) electrons. The van der Waals surface area contributed by atoms with Gasteiger partial charge in [-0.05, 0) is 35.7 Å². The van der Waals surface area contributed by atoms with E-state index in [2.05, 4.69) is 24.5 Å². The molecule has 0 atom stereocenters. The van der Waals surface area contributed by atoms with Gasteiger partial charge in [0.25, 0.3) is 0 Å². The van der Waals surface area contributed by atoms with E-state index in [0.29, 0.717) is 12.4 Å². The lowest BCUT2D eigenvalue weighted by Crippen LogP contribution is -2.09. The van der Waals surface area contributed by atoms with Crippen LogP contribution in [0.4, 0.5) is 5.82 Å². The lowest BCUT2D eigenvalue weighted by molar-refractivity contribution is 1.05. The number of anilines is 1. The number of rotatable bonds is 3. The van der Waals surface area contributed by atoms with Crippen molar-refractivity contribution in [2.45, 2.75) is 18.4 Å². The molecule has 0 saturated carbocycles. The highest BCUT2D eigenvalue weighted by molar-refractivity contribution is 7.80. The van der Waals surface area contributed by atoms with Gasteiger partial charge in [-0.25, -0.2) is 4.98 Å². The topological polar surface area (TPSA) is 64.9 Å². The lowest BCUT2D eigenvalue weighted by Gasteiger charge is -2.18. The maximum atomic E-state index is 6.20. The van der Waals surface area contributed by atoms with Gasteiger partial charge >= 0.3 is 0 Å². The van der Waals surface area contributed by atoms with Gasteiger partial charge in [0.15, 0.2) is 0 Å². The molecule has 116 valence electrons. The molecule has 0 spiro atoms. The summed E-state index contributed by atoms with van der Waals surface area (Å²) in [5, 5.41) is 0. The smallest absolute Gasteiger partial charge is 0.129 e. The molecular formula is C19H19N3S. The number of pyridine rings is 1. The number of aromatic nitrogens is 1. The Balaban J connectivity index is 2.29. The third-order valence-electron chi connectivity index (χ3n) is 3.98. The van der Waals surface area contributed by atoms with Crippen LogP contribution in [0.5, 0.6) is 0 Å². The minimum absolute atomic E-state index is 0.354. The van der Waals surface area contributed by atoms with E-state index in [1.165, 1.54) is 0 Å². The standard InChI is InChI=1S/C19H19N3S/c1-12-17(13-7-9-15(23)10-8-13)16(11-20)19(21)22-18(12)14-5-3-2-4-6-14/h2-10,23H,11,20H2,1H3,(H2,21,22). The Kier molecular flexibility index (Phi) is 4.37. The highest BCUT2D eigenvalue weighted by atomic mass is 32.1. The van der Waals surface area contributed by atoms with Gasteiger partial charge < -0.3 is 11.5 Å². The Bertz CT molecular complexity index is 827. The number of nitrogen functional groups attached to an aromatic ring is 1. The number of hydrogen-bond donors (Lipinski definition) is 3.